The average molecular weight is 1500 g/mol. The van der Waals surface area contributed by atoms with E-state index in [0.717, 1.165) is 35.8 Å². The van der Waals surface area contributed by atoms with Crippen LogP contribution >= 0.6 is 0 Å². The standard InChI is InChI=1S/2C13H18N2O3.C12H17NO2.C11H16N2O2.C6H12O3.C6H12O2.C5H10O3.C4H6O3.CH3O.H3N.2Na.H2O/c2*1-10(16)15-12(9-18-2)13(17)14-8-11-6-4-3-5-7-11;1-10(9-15-2)12(14)13-8-11-6-4-3-5-7-11;1-15-8-10(12)11(14)13-7-9-5-3-2-4-6-9;1-5(4-8-2)6(7)9-3;1-4-5(2)6(7)8-3;1-4(3-8-2)5(6)7;1-3(5)7-4(2)6;1-2;;;;/h2*3-7,12H,8-9H2,1-2H3,(H,14,17)(H,15,16);3-7,10H,8-9H2,1-2H3,(H,13,14);2-6,10H,7-8,12H2,1H3,(H,13,14);5H,4H2,1-3H3;5H,4H2,1-3H3;4H,3H2,1-2H3,(H,6,7);1-2H3;1H3;1H3;;;1H2/q;;;;;;;;-1;;2*+1;/p-1/t12-;;;;;;;;;;;;/m1............/s1. The summed E-state index contributed by atoms with van der Waals surface area (Å²) in [6.45, 7) is 17.8. The maximum Gasteiger partial charge on any atom is 1.00 e. The van der Waals surface area contributed by atoms with Gasteiger partial charge in [0.1, 0.15) is 18.1 Å². The van der Waals surface area contributed by atoms with Crippen molar-refractivity contribution in [3.8, 4) is 0 Å². The number of benzene rings is 4. The molecule has 4 aromatic carbocycles. The first kappa shape index (κ1) is 115. The first-order chi connectivity index (χ1) is 47.5. The second-order valence-corrected chi connectivity index (χ2v) is 21.1. The molecule has 0 aliphatic rings. The van der Waals surface area contributed by atoms with Gasteiger partial charge in [0.05, 0.1) is 77.5 Å². The summed E-state index contributed by atoms with van der Waals surface area (Å²) >= 11 is 0. The third kappa shape index (κ3) is 70.5. The fourth-order valence-electron chi connectivity index (χ4n) is 6.87. The van der Waals surface area contributed by atoms with E-state index in [1.54, 1.807) is 28.1 Å². The molecule has 0 aliphatic heterocycles. The number of nitrogens with two attached hydrogens (primary N) is 1. The van der Waals surface area contributed by atoms with E-state index in [4.69, 9.17) is 39.6 Å². The number of amides is 6. The summed E-state index contributed by atoms with van der Waals surface area (Å²) < 4.78 is 41.7. The Morgan fingerprint density at radius 1 is 0.404 bits per heavy atom. The molecule has 0 aliphatic carbocycles. The van der Waals surface area contributed by atoms with Crippen LogP contribution in [-0.2, 0) is 122 Å². The van der Waals surface area contributed by atoms with Gasteiger partial charge in [-0.15, -0.1) is 0 Å². The molecule has 6 amide bonds. The molecule has 0 bridgehead atoms. The number of hydrogen-bond donors (Lipinski definition) is 9. The van der Waals surface area contributed by atoms with E-state index in [2.05, 4.69) is 50.8 Å². The van der Waals surface area contributed by atoms with E-state index in [1.807, 2.05) is 142 Å². The minimum absolute atomic E-state index is 0. The van der Waals surface area contributed by atoms with Crippen LogP contribution in [0.15, 0.2) is 121 Å². The summed E-state index contributed by atoms with van der Waals surface area (Å²) in [5.41, 5.74) is 9.72. The molecule has 104 heavy (non-hydrogen) atoms. The van der Waals surface area contributed by atoms with Crippen LogP contribution in [-0.4, -0.2) is 198 Å². The Morgan fingerprint density at radius 3 is 0.885 bits per heavy atom. The van der Waals surface area contributed by atoms with E-state index in [9.17, 15) is 52.7 Å². The molecule has 33 heteroatoms. The van der Waals surface area contributed by atoms with Crippen LogP contribution in [0, 0.1) is 23.7 Å². The van der Waals surface area contributed by atoms with Crippen molar-refractivity contribution in [1.29, 1.82) is 0 Å². The van der Waals surface area contributed by atoms with Crippen molar-refractivity contribution in [3.05, 3.63) is 144 Å². The van der Waals surface area contributed by atoms with Gasteiger partial charge in [0.2, 0.25) is 35.4 Å². The third-order valence-electron chi connectivity index (χ3n) is 12.2. The molecular formula is C71H116N8Na2O23. The quantitative estimate of drug-likeness (QED) is 0.0116. The van der Waals surface area contributed by atoms with Gasteiger partial charge < -0.3 is 102 Å². The second-order valence-electron chi connectivity index (χ2n) is 21.1. The summed E-state index contributed by atoms with van der Waals surface area (Å²) in [7, 11) is 12.7. The maximum atomic E-state index is 11.8. The second kappa shape index (κ2) is 78.4. The van der Waals surface area contributed by atoms with Gasteiger partial charge >= 0.3 is 89.0 Å². The van der Waals surface area contributed by atoms with Crippen molar-refractivity contribution in [2.24, 2.45) is 29.4 Å². The summed E-state index contributed by atoms with van der Waals surface area (Å²) in [4.78, 5) is 119. The number of carbonyl (C=O) groups excluding carboxylic acids is 10. The number of nitrogens with one attached hydrogen (secondary N) is 6. The smallest absolute Gasteiger partial charge is 0.870 e. The first-order valence-electron chi connectivity index (χ1n) is 31.5. The van der Waals surface area contributed by atoms with Crippen LogP contribution in [0.25, 0.3) is 0 Å². The number of ether oxygens (including phenoxy) is 9. The van der Waals surface area contributed by atoms with Crippen molar-refractivity contribution >= 4 is 65.3 Å². The number of aliphatic carboxylic acids is 1. The Bertz CT molecular complexity index is 2660. The van der Waals surface area contributed by atoms with E-state index in [-0.39, 0.29) is 168 Å². The van der Waals surface area contributed by atoms with Gasteiger partial charge in [-0.3, -0.25) is 52.7 Å². The monoisotopic (exact) mass is 1490 g/mol. The summed E-state index contributed by atoms with van der Waals surface area (Å²) in [5, 5.41) is 32.7. The molecule has 0 radical (unpaired) electrons. The fourth-order valence-corrected chi connectivity index (χ4v) is 6.87. The van der Waals surface area contributed by atoms with Crippen molar-refractivity contribution in [2.75, 3.05) is 104 Å². The normalized spacial score (nSPS) is 11.2. The zero-order valence-corrected chi connectivity index (χ0v) is 68.6. The van der Waals surface area contributed by atoms with Crippen LogP contribution in [0.3, 0.4) is 0 Å². The predicted octanol–water partition coefficient (Wildman–Crippen LogP) is -2.16. The van der Waals surface area contributed by atoms with Crippen molar-refractivity contribution < 1.29 is 170 Å². The van der Waals surface area contributed by atoms with Gasteiger partial charge in [0.15, 0.2) is 0 Å². The molecule has 580 valence electrons. The topological polar surface area (TPSA) is 477 Å². The molecule has 7 atom stereocenters. The maximum absolute atomic E-state index is 11.8. The van der Waals surface area contributed by atoms with Crippen molar-refractivity contribution in [2.45, 2.75) is 113 Å². The van der Waals surface area contributed by atoms with Crippen LogP contribution in [0.5, 0.6) is 0 Å². The SMILES string of the molecule is CC(=O)OC(C)=O.CCC(C)C(=O)OC.COCC(C)C(=O)NCc1ccccc1.COCC(C)C(=O)O.COCC(C)C(=O)OC.COCC(N)C(=O)NCc1ccccc1.COCC(NC(C)=O)C(=O)NCc1ccccc1.COC[C@@H](NC(C)=O)C(=O)NCc1ccccc1.C[O-].N.[Na+].[Na+].[OH-]. The summed E-state index contributed by atoms with van der Waals surface area (Å²) in [6.07, 6.45) is 0.854. The molecule has 0 saturated heterocycles. The number of carboxylic acid groups (broad SMARTS) is 1. The minimum Gasteiger partial charge on any atom is -0.870 e. The van der Waals surface area contributed by atoms with Gasteiger partial charge in [-0.2, -0.15) is 7.11 Å². The number of methoxy groups -OCH3 is 8. The molecule has 0 heterocycles. The van der Waals surface area contributed by atoms with Crippen LogP contribution in [0.4, 0.5) is 0 Å². The van der Waals surface area contributed by atoms with Gasteiger partial charge in [-0.05, 0) is 42.5 Å². The molecule has 4 rings (SSSR count). The van der Waals surface area contributed by atoms with Crippen molar-refractivity contribution in [1.82, 2.24) is 38.1 Å². The number of esters is 4. The Hall–Kier alpha value is -7.15. The number of rotatable bonds is 30. The van der Waals surface area contributed by atoms with Gasteiger partial charge in [0.25, 0.3) is 0 Å². The molecular weight excluding hydrogens is 1380 g/mol. The molecule has 0 aromatic heterocycles. The van der Waals surface area contributed by atoms with E-state index in [1.165, 1.54) is 70.4 Å². The predicted molar refractivity (Wildman–Crippen MR) is 382 cm³/mol. The van der Waals surface area contributed by atoms with E-state index in [0.29, 0.717) is 39.4 Å². The van der Waals surface area contributed by atoms with E-state index < -0.39 is 36.0 Å². The number of hydrogen-bond acceptors (Lipinski definition) is 24. The zero-order valence-electron chi connectivity index (χ0n) is 64.6. The van der Waals surface area contributed by atoms with Gasteiger partial charge in [-0.25, -0.2) is 0 Å². The fraction of sp³-hybridized carbons (Fsp3) is 0.507. The zero-order chi connectivity index (χ0) is 77.2. The van der Waals surface area contributed by atoms with Crippen LogP contribution in [0.1, 0.15) is 91.0 Å². The van der Waals surface area contributed by atoms with Crippen molar-refractivity contribution in [3.63, 3.8) is 0 Å². The summed E-state index contributed by atoms with van der Waals surface area (Å²) in [5.74, 6) is -4.05. The molecule has 13 N–H and O–H groups in total. The van der Waals surface area contributed by atoms with Gasteiger partial charge in [0, 0.05) is 96.5 Å². The van der Waals surface area contributed by atoms with Crippen LogP contribution < -0.4 is 108 Å². The number of carboxylic acids is 1. The Morgan fingerprint density at radius 2 is 0.663 bits per heavy atom. The molecule has 4 aromatic rings. The molecule has 31 nitrogen and oxygen atoms in total. The Kier molecular flexibility index (Phi) is 87.0. The average Bonchev–Trinajstić information content (AvgIpc) is 0.940. The van der Waals surface area contributed by atoms with Gasteiger partial charge in [-0.1, -0.05) is 142 Å². The Labute approximate surface area is 658 Å². The Balaban J connectivity index is -0.000000144. The number of carbonyl (C=O) groups is 11. The summed E-state index contributed by atoms with van der Waals surface area (Å²) in [6, 6.07) is 36.7. The minimum atomic E-state index is -0.813. The molecule has 0 saturated carbocycles. The molecule has 0 fully saturated rings. The van der Waals surface area contributed by atoms with Crippen LogP contribution in [0.2, 0.25) is 0 Å². The molecule has 0 spiro atoms. The van der Waals surface area contributed by atoms with E-state index >= 15 is 0 Å². The first-order valence-corrected chi connectivity index (χ1v) is 31.5. The third-order valence-corrected chi connectivity index (χ3v) is 12.2. The largest absolute Gasteiger partial charge is 1.00 e. The molecule has 6 unspecified atom stereocenters.